The van der Waals surface area contributed by atoms with E-state index in [-0.39, 0.29) is 57.5 Å². The largest absolute Gasteiger partial charge is 4.00 e. The van der Waals surface area contributed by atoms with Crippen LogP contribution in [0.4, 0.5) is 0 Å². The van der Waals surface area contributed by atoms with Gasteiger partial charge in [-0.2, -0.15) is 12.2 Å². The molecule has 0 unspecified atom stereocenters. The summed E-state index contributed by atoms with van der Waals surface area (Å²) in [5.74, 6) is 0. The van der Waals surface area contributed by atoms with Gasteiger partial charge in [0.05, 0.1) is 0 Å². The van der Waals surface area contributed by atoms with E-state index >= 15 is 0 Å². The van der Waals surface area contributed by atoms with Gasteiger partial charge in [-0.05, 0) is 11.0 Å². The Balaban J connectivity index is -0.0000000556. The van der Waals surface area contributed by atoms with Crippen molar-refractivity contribution in [2.45, 2.75) is 12.8 Å². The van der Waals surface area contributed by atoms with Gasteiger partial charge in [0.15, 0.2) is 0 Å². The molecule has 0 heterocycles. The molecule has 0 aromatic heterocycles. The first-order chi connectivity index (χ1) is 5.00. The fraction of sp³-hybridized carbons (Fsp3) is 0.200. The molecule has 0 aromatic rings. The summed E-state index contributed by atoms with van der Waals surface area (Å²) in [6.45, 7) is 0. The van der Waals surface area contributed by atoms with E-state index in [1.807, 2.05) is 24.3 Å². The van der Waals surface area contributed by atoms with Crippen molar-refractivity contribution in [3.63, 3.8) is 0 Å². The summed E-state index contributed by atoms with van der Waals surface area (Å²) in [6, 6.07) is 0. The van der Waals surface area contributed by atoms with Crippen molar-refractivity contribution < 1.29 is 46.5 Å². The van der Waals surface area contributed by atoms with Gasteiger partial charge in [0.2, 0.25) is 0 Å². The van der Waals surface area contributed by atoms with Gasteiger partial charge >= 0.3 is 21.7 Å². The average Bonchev–Trinajstić information content (AvgIpc) is 2.67. The Morgan fingerprint density at radius 3 is 1.21 bits per heavy atom. The van der Waals surface area contributed by atoms with Crippen molar-refractivity contribution in [3.8, 4) is 0 Å². The molecule has 0 atom stereocenters. The van der Waals surface area contributed by atoms with Crippen molar-refractivity contribution in [2.75, 3.05) is 0 Å². The Morgan fingerprint density at radius 2 is 1.14 bits per heavy atom. The molecule has 4 heteroatoms. The van der Waals surface area contributed by atoms with Crippen LogP contribution >= 0.6 is 0 Å². The van der Waals surface area contributed by atoms with Crippen LogP contribution in [0.15, 0.2) is 36.5 Å². The van der Waals surface area contributed by atoms with Gasteiger partial charge in [-0.25, -0.2) is 24.3 Å². The minimum Gasteiger partial charge on any atom is -1.00 e. The molecular formula is C10H13Cl2SiTi. The Hall–Kier alpha value is 0.471. The predicted octanol–water partition coefficient (Wildman–Crippen LogP) is -4.57. The molecule has 2 aliphatic rings. The summed E-state index contributed by atoms with van der Waals surface area (Å²) in [7, 11) is 0. The van der Waals surface area contributed by atoms with Crippen LogP contribution < -0.4 is 24.8 Å². The van der Waals surface area contributed by atoms with E-state index in [1.165, 1.54) is 0 Å². The van der Waals surface area contributed by atoms with Gasteiger partial charge in [-0.15, -0.1) is 12.8 Å². The van der Waals surface area contributed by atoms with Crippen molar-refractivity contribution >= 4 is 11.0 Å². The van der Waals surface area contributed by atoms with Gasteiger partial charge in [0.25, 0.3) is 0 Å². The van der Waals surface area contributed by atoms with Crippen LogP contribution in [-0.2, 0) is 21.7 Å². The molecule has 2 rings (SSSR count). The van der Waals surface area contributed by atoms with Crippen LogP contribution in [0.2, 0.25) is 0 Å². The van der Waals surface area contributed by atoms with Gasteiger partial charge in [0.1, 0.15) is 0 Å². The third kappa shape index (κ3) is 15.0. The molecule has 1 radical (unpaired) electrons. The number of hydrogen-bond donors (Lipinski definition) is 0. The second-order valence-electron chi connectivity index (χ2n) is 2.01. The smallest absolute Gasteiger partial charge is 1.00 e. The molecule has 75 valence electrons. The van der Waals surface area contributed by atoms with E-state index in [4.69, 9.17) is 0 Å². The maximum Gasteiger partial charge on any atom is 4.00 e. The maximum atomic E-state index is 2.99. The number of rotatable bonds is 0. The number of allylic oxidation sites excluding steroid dienone is 8. The zero-order chi connectivity index (χ0) is 7.07. The minimum atomic E-state index is 0. The van der Waals surface area contributed by atoms with E-state index in [0.29, 0.717) is 0 Å². The van der Waals surface area contributed by atoms with Crippen LogP contribution in [-0.4, -0.2) is 11.0 Å². The predicted molar refractivity (Wildman–Crippen MR) is 53.1 cm³/mol. The van der Waals surface area contributed by atoms with Gasteiger partial charge in [-0.3, -0.25) is 12.2 Å². The average molecular weight is 280 g/mol. The Kier molecular flexibility index (Phi) is 32.7. The molecule has 0 saturated carbocycles. The molecule has 0 N–H and O–H groups in total. The van der Waals surface area contributed by atoms with Crippen molar-refractivity contribution in [1.29, 1.82) is 0 Å². The summed E-state index contributed by atoms with van der Waals surface area (Å²) in [6.07, 6.45) is 20.0. The number of hydrogen-bond acceptors (Lipinski definition) is 0. The van der Waals surface area contributed by atoms with Crippen LogP contribution in [0.1, 0.15) is 12.8 Å². The van der Waals surface area contributed by atoms with E-state index in [1.54, 1.807) is 0 Å². The van der Waals surface area contributed by atoms with E-state index < -0.39 is 0 Å². The molecule has 0 spiro atoms. The number of halogens is 2. The van der Waals surface area contributed by atoms with Gasteiger partial charge < -0.3 is 24.8 Å². The Bertz CT molecular complexity index is 156. The Morgan fingerprint density at radius 1 is 0.786 bits per heavy atom. The third-order valence-corrected chi connectivity index (χ3v) is 1.17. The molecule has 2 aliphatic carbocycles. The van der Waals surface area contributed by atoms with Crippen LogP contribution in [0.5, 0.6) is 0 Å². The SMILES string of the molecule is [C-]1=CC=CC1.[C-]1=CC=CC1.[Cl-].[Cl-].[SiH3].[Ti+4]. The normalized spacial score (nSPS) is 12.6. The van der Waals surface area contributed by atoms with Crippen LogP contribution in [0.25, 0.3) is 0 Å². The third-order valence-electron chi connectivity index (χ3n) is 1.17. The zero-order valence-electron chi connectivity index (χ0n) is 8.13. The van der Waals surface area contributed by atoms with Crippen molar-refractivity contribution in [3.05, 3.63) is 48.6 Å². The van der Waals surface area contributed by atoms with Crippen molar-refractivity contribution in [1.82, 2.24) is 0 Å². The summed E-state index contributed by atoms with van der Waals surface area (Å²) in [4.78, 5) is 0. The van der Waals surface area contributed by atoms with Crippen LogP contribution in [0.3, 0.4) is 0 Å². The topological polar surface area (TPSA) is 0 Å². The Labute approximate surface area is 118 Å². The summed E-state index contributed by atoms with van der Waals surface area (Å²) >= 11 is 0. The maximum absolute atomic E-state index is 2.99. The van der Waals surface area contributed by atoms with Crippen molar-refractivity contribution in [2.24, 2.45) is 0 Å². The fourth-order valence-electron chi connectivity index (χ4n) is 0.680. The quantitative estimate of drug-likeness (QED) is 0.310. The first-order valence-electron chi connectivity index (χ1n) is 3.43. The first-order valence-corrected chi connectivity index (χ1v) is 3.43. The first kappa shape index (κ1) is 24.0. The minimum absolute atomic E-state index is 0. The summed E-state index contributed by atoms with van der Waals surface area (Å²) in [5, 5.41) is 0. The molecule has 14 heavy (non-hydrogen) atoms. The summed E-state index contributed by atoms with van der Waals surface area (Å²) < 4.78 is 0. The van der Waals surface area contributed by atoms with E-state index in [0.717, 1.165) is 12.8 Å². The molecule has 0 fully saturated rings. The zero-order valence-corrected chi connectivity index (χ0v) is 13.2. The van der Waals surface area contributed by atoms with Gasteiger partial charge in [0, 0.05) is 0 Å². The second kappa shape index (κ2) is 19.1. The van der Waals surface area contributed by atoms with Gasteiger partial charge in [-0.1, -0.05) is 0 Å². The molecule has 0 amide bonds. The molecule has 0 saturated heterocycles. The van der Waals surface area contributed by atoms with Crippen LogP contribution in [0, 0.1) is 12.2 Å². The fourth-order valence-corrected chi connectivity index (χ4v) is 0.680. The molecule has 0 aliphatic heterocycles. The summed E-state index contributed by atoms with van der Waals surface area (Å²) in [5.41, 5.74) is 0. The molecule has 0 aromatic carbocycles. The monoisotopic (exact) mass is 279 g/mol. The standard InChI is InChI=1S/2C5H5.2ClH.H3Si.Ti/c2*1-2-4-5-3-1;;;;/h2*1-3H,4H2;2*1H;1H3;/q2*-1;;;;+4/p-2. The molecule has 0 nitrogen and oxygen atoms in total. The van der Waals surface area contributed by atoms with E-state index in [9.17, 15) is 0 Å². The van der Waals surface area contributed by atoms with E-state index in [2.05, 4.69) is 24.3 Å². The second-order valence-corrected chi connectivity index (χ2v) is 2.01. The molecule has 0 bridgehead atoms. The molecular weight excluding hydrogens is 267 g/mol.